The Balaban J connectivity index is 2.41. The van der Waals surface area contributed by atoms with Gasteiger partial charge in [0.2, 0.25) is 0 Å². The molecule has 0 aliphatic heterocycles. The zero-order valence-electron chi connectivity index (χ0n) is 14.0. The zero-order chi connectivity index (χ0) is 17.5. The van der Waals surface area contributed by atoms with Crippen LogP contribution < -0.4 is 4.74 Å². The van der Waals surface area contributed by atoms with E-state index in [1.54, 1.807) is 12.1 Å². The lowest BCUT2D eigenvalue weighted by atomic mass is 10.0. The molecule has 2 aromatic carbocycles. The number of esters is 2. The maximum Gasteiger partial charge on any atom is 0.308 e. The Morgan fingerprint density at radius 2 is 1.67 bits per heavy atom. The van der Waals surface area contributed by atoms with Gasteiger partial charge in [-0.25, -0.2) is 0 Å². The van der Waals surface area contributed by atoms with Crippen molar-refractivity contribution in [3.63, 3.8) is 0 Å². The van der Waals surface area contributed by atoms with Gasteiger partial charge in [-0.05, 0) is 24.1 Å². The van der Waals surface area contributed by atoms with E-state index in [-0.39, 0.29) is 0 Å². The number of hydrogen-bond acceptors (Lipinski definition) is 4. The van der Waals surface area contributed by atoms with E-state index < -0.39 is 18.0 Å². The second-order valence-electron chi connectivity index (χ2n) is 5.39. The van der Waals surface area contributed by atoms with Gasteiger partial charge < -0.3 is 9.47 Å². The molecule has 0 saturated heterocycles. The van der Waals surface area contributed by atoms with Crippen molar-refractivity contribution >= 4 is 18.0 Å². The average Bonchev–Trinajstić information content (AvgIpc) is 2.54. The number of hydrogen-bond donors (Lipinski definition) is 0. The number of carbonyl (C=O) groups is 2. The fourth-order valence-corrected chi connectivity index (χ4v) is 2.33. The Morgan fingerprint density at radius 1 is 0.958 bits per heavy atom. The third-order valence-corrected chi connectivity index (χ3v) is 3.35. The molecule has 2 aromatic rings. The zero-order valence-corrected chi connectivity index (χ0v) is 14.0. The van der Waals surface area contributed by atoms with Crippen LogP contribution in [0.2, 0.25) is 0 Å². The fourth-order valence-electron chi connectivity index (χ4n) is 2.33. The number of benzene rings is 2. The molecule has 124 valence electrons. The van der Waals surface area contributed by atoms with E-state index >= 15 is 0 Å². The van der Waals surface area contributed by atoms with E-state index in [1.807, 2.05) is 55.5 Å². The van der Waals surface area contributed by atoms with Gasteiger partial charge in [0.25, 0.3) is 0 Å². The van der Waals surface area contributed by atoms with Gasteiger partial charge >= 0.3 is 11.9 Å². The summed E-state index contributed by atoms with van der Waals surface area (Å²) < 4.78 is 10.7. The van der Waals surface area contributed by atoms with Crippen LogP contribution in [0.3, 0.4) is 0 Å². The number of para-hydroxylation sites is 1. The minimum Gasteiger partial charge on any atom is -0.453 e. The lowest BCUT2D eigenvalue weighted by Crippen LogP contribution is -2.11. The summed E-state index contributed by atoms with van der Waals surface area (Å²) in [6.45, 7) is 4.54. The lowest BCUT2D eigenvalue weighted by Gasteiger charge is -2.18. The summed E-state index contributed by atoms with van der Waals surface area (Å²) in [6, 6.07) is 15.1. The molecule has 0 aromatic heterocycles. The standard InChI is InChI=1S/C20H20O4/c1-14-8-7-11-18(20(14)24-16(3)22)19(23-15(2)21)13-12-17-9-5-4-6-10-17/h4-13,19H,1-3H3/b13-12+. The van der Waals surface area contributed by atoms with Gasteiger partial charge in [0.15, 0.2) is 0 Å². The first kappa shape index (κ1) is 17.5. The Labute approximate surface area is 141 Å². The summed E-state index contributed by atoms with van der Waals surface area (Å²) in [5, 5.41) is 0. The molecular formula is C20H20O4. The number of carbonyl (C=O) groups excluding carboxylic acids is 2. The quantitative estimate of drug-likeness (QED) is 0.610. The molecule has 0 aliphatic carbocycles. The molecule has 0 bridgehead atoms. The van der Waals surface area contributed by atoms with Crippen LogP contribution in [0.15, 0.2) is 54.6 Å². The van der Waals surface area contributed by atoms with Crippen LogP contribution in [0.4, 0.5) is 0 Å². The molecule has 0 amide bonds. The highest BCUT2D eigenvalue weighted by atomic mass is 16.6. The molecule has 0 radical (unpaired) electrons. The van der Waals surface area contributed by atoms with E-state index in [0.717, 1.165) is 11.1 Å². The first-order chi connectivity index (χ1) is 11.5. The van der Waals surface area contributed by atoms with Crippen LogP contribution in [0.1, 0.15) is 36.6 Å². The minimum atomic E-state index is -0.642. The Kier molecular flexibility index (Phi) is 5.90. The summed E-state index contributed by atoms with van der Waals surface area (Å²) in [7, 11) is 0. The van der Waals surface area contributed by atoms with E-state index in [4.69, 9.17) is 9.47 Å². The molecule has 1 unspecified atom stereocenters. The van der Waals surface area contributed by atoms with Crippen molar-refractivity contribution in [2.24, 2.45) is 0 Å². The van der Waals surface area contributed by atoms with Crippen molar-refractivity contribution in [1.29, 1.82) is 0 Å². The summed E-state index contributed by atoms with van der Waals surface area (Å²) >= 11 is 0. The first-order valence-corrected chi connectivity index (χ1v) is 7.66. The van der Waals surface area contributed by atoms with Crippen LogP contribution in [0.5, 0.6) is 5.75 Å². The minimum absolute atomic E-state index is 0.409. The first-order valence-electron chi connectivity index (χ1n) is 7.66. The molecule has 0 spiro atoms. The van der Waals surface area contributed by atoms with E-state index in [2.05, 4.69) is 0 Å². The van der Waals surface area contributed by atoms with Crippen molar-refractivity contribution in [2.45, 2.75) is 26.9 Å². The van der Waals surface area contributed by atoms with Crippen LogP contribution in [-0.4, -0.2) is 11.9 Å². The molecule has 0 fully saturated rings. The highest BCUT2D eigenvalue weighted by molar-refractivity contribution is 5.71. The average molecular weight is 324 g/mol. The predicted molar refractivity (Wildman–Crippen MR) is 92.5 cm³/mol. The van der Waals surface area contributed by atoms with Crippen LogP contribution >= 0.6 is 0 Å². The second-order valence-corrected chi connectivity index (χ2v) is 5.39. The van der Waals surface area contributed by atoms with Gasteiger partial charge in [-0.2, -0.15) is 0 Å². The van der Waals surface area contributed by atoms with Crippen molar-refractivity contribution in [3.8, 4) is 5.75 Å². The summed E-state index contributed by atoms with van der Waals surface area (Å²) in [4.78, 5) is 22.9. The van der Waals surface area contributed by atoms with E-state index in [1.165, 1.54) is 13.8 Å². The van der Waals surface area contributed by atoms with E-state index in [0.29, 0.717) is 11.3 Å². The van der Waals surface area contributed by atoms with Gasteiger partial charge in [-0.3, -0.25) is 9.59 Å². The van der Waals surface area contributed by atoms with Gasteiger partial charge in [-0.15, -0.1) is 0 Å². The number of ether oxygens (including phenoxy) is 2. The predicted octanol–water partition coefficient (Wildman–Crippen LogP) is 4.24. The summed E-state index contributed by atoms with van der Waals surface area (Å²) in [6.07, 6.45) is 3.00. The third-order valence-electron chi connectivity index (χ3n) is 3.35. The molecule has 4 nitrogen and oxygen atoms in total. The molecule has 1 atom stereocenters. The molecule has 24 heavy (non-hydrogen) atoms. The monoisotopic (exact) mass is 324 g/mol. The number of aryl methyl sites for hydroxylation is 1. The smallest absolute Gasteiger partial charge is 0.308 e. The maximum absolute atomic E-state index is 11.5. The SMILES string of the molecule is CC(=O)Oc1c(C)cccc1C(/C=C/c1ccccc1)OC(C)=O. The van der Waals surface area contributed by atoms with Gasteiger partial charge in [0, 0.05) is 19.4 Å². The third kappa shape index (κ3) is 4.81. The second kappa shape index (κ2) is 8.11. The van der Waals surface area contributed by atoms with Crippen molar-refractivity contribution in [1.82, 2.24) is 0 Å². The molecule has 2 rings (SSSR count). The Morgan fingerprint density at radius 3 is 2.29 bits per heavy atom. The largest absolute Gasteiger partial charge is 0.453 e. The normalized spacial score (nSPS) is 12.0. The molecule has 0 aliphatic rings. The van der Waals surface area contributed by atoms with Gasteiger partial charge in [0.05, 0.1) is 0 Å². The van der Waals surface area contributed by atoms with Gasteiger partial charge in [0.1, 0.15) is 11.9 Å². The number of rotatable bonds is 5. The topological polar surface area (TPSA) is 52.6 Å². The molecule has 0 saturated carbocycles. The van der Waals surface area contributed by atoms with Crippen LogP contribution in [0.25, 0.3) is 6.08 Å². The van der Waals surface area contributed by atoms with Crippen molar-refractivity contribution in [2.75, 3.05) is 0 Å². The Hall–Kier alpha value is -2.88. The lowest BCUT2D eigenvalue weighted by molar-refractivity contribution is -0.144. The van der Waals surface area contributed by atoms with Gasteiger partial charge in [-0.1, -0.05) is 54.6 Å². The molecular weight excluding hydrogens is 304 g/mol. The summed E-state index contributed by atoms with van der Waals surface area (Å²) in [5.74, 6) is -0.402. The fraction of sp³-hybridized carbons (Fsp3) is 0.200. The molecule has 0 N–H and O–H groups in total. The van der Waals surface area contributed by atoms with Crippen molar-refractivity contribution in [3.05, 3.63) is 71.3 Å². The summed E-state index contributed by atoms with van der Waals surface area (Å²) in [5.41, 5.74) is 2.41. The highest BCUT2D eigenvalue weighted by Crippen LogP contribution is 2.32. The molecule has 4 heteroatoms. The molecule has 0 heterocycles. The van der Waals surface area contributed by atoms with E-state index in [9.17, 15) is 9.59 Å². The van der Waals surface area contributed by atoms with Crippen LogP contribution in [-0.2, 0) is 14.3 Å². The van der Waals surface area contributed by atoms with Crippen LogP contribution in [0, 0.1) is 6.92 Å². The van der Waals surface area contributed by atoms with Crippen molar-refractivity contribution < 1.29 is 19.1 Å². The highest BCUT2D eigenvalue weighted by Gasteiger charge is 2.19. The Bertz CT molecular complexity index is 747. The maximum atomic E-state index is 11.5.